The molecule has 104 valence electrons. The van der Waals surface area contributed by atoms with E-state index in [9.17, 15) is 14.5 Å². The number of aryl methyl sites for hydroxylation is 1. The summed E-state index contributed by atoms with van der Waals surface area (Å²) in [5.74, 6) is -0.525. The summed E-state index contributed by atoms with van der Waals surface area (Å²) in [5.41, 5.74) is 5.67. The lowest BCUT2D eigenvalue weighted by Crippen LogP contribution is -2.42. The molecule has 19 heavy (non-hydrogen) atoms. The number of benzene rings is 1. The summed E-state index contributed by atoms with van der Waals surface area (Å²) in [7, 11) is 0. The zero-order valence-corrected chi connectivity index (χ0v) is 10.8. The van der Waals surface area contributed by atoms with Crippen LogP contribution in [-0.2, 0) is 0 Å². The molecule has 0 aliphatic heterocycles. The Balaban J connectivity index is 2.19. The third kappa shape index (κ3) is 3.01. The first-order valence-electron chi connectivity index (χ1n) is 6.27. The Morgan fingerprint density at radius 1 is 1.47 bits per heavy atom. The van der Waals surface area contributed by atoms with E-state index in [1.54, 1.807) is 6.92 Å². The number of nitrogens with two attached hydrogens (primary N) is 1. The lowest BCUT2D eigenvalue weighted by atomic mass is 10.0. The summed E-state index contributed by atoms with van der Waals surface area (Å²) >= 11 is 0. The lowest BCUT2D eigenvalue weighted by Gasteiger charge is -2.23. The summed E-state index contributed by atoms with van der Waals surface area (Å²) in [6.07, 6.45) is 3.79. The predicted molar refractivity (Wildman–Crippen MR) is 68.7 cm³/mol. The summed E-state index contributed by atoms with van der Waals surface area (Å²) < 4.78 is 18.8. The minimum atomic E-state index is -0.643. The highest BCUT2D eigenvalue weighted by Gasteiger charge is 2.31. The summed E-state index contributed by atoms with van der Waals surface area (Å²) in [6, 6.07) is 2.24. The van der Waals surface area contributed by atoms with Gasteiger partial charge in [0.15, 0.2) is 5.75 Å². The van der Waals surface area contributed by atoms with Crippen LogP contribution in [0.1, 0.15) is 31.2 Å². The highest BCUT2D eigenvalue weighted by atomic mass is 19.1. The topological polar surface area (TPSA) is 78.4 Å². The number of ether oxygens (including phenoxy) is 1. The van der Waals surface area contributed by atoms with Crippen LogP contribution in [0.2, 0.25) is 0 Å². The van der Waals surface area contributed by atoms with E-state index in [1.807, 2.05) is 0 Å². The van der Waals surface area contributed by atoms with Gasteiger partial charge in [-0.3, -0.25) is 10.1 Å². The second-order valence-electron chi connectivity index (χ2n) is 5.18. The predicted octanol–water partition coefficient (Wildman–Crippen LogP) is 2.69. The Morgan fingerprint density at radius 3 is 2.68 bits per heavy atom. The average Bonchev–Trinajstić information content (AvgIpc) is 2.77. The number of nitrogens with zero attached hydrogens (tertiary/aromatic N) is 1. The van der Waals surface area contributed by atoms with Gasteiger partial charge in [0, 0.05) is 0 Å². The van der Waals surface area contributed by atoms with Crippen molar-refractivity contribution in [1.82, 2.24) is 0 Å². The Morgan fingerprint density at radius 2 is 2.11 bits per heavy atom. The fourth-order valence-corrected chi connectivity index (χ4v) is 2.35. The normalized spacial score (nSPS) is 17.4. The van der Waals surface area contributed by atoms with E-state index in [1.165, 1.54) is 6.07 Å². The molecule has 1 aromatic rings. The van der Waals surface area contributed by atoms with E-state index in [2.05, 4.69) is 0 Å². The maximum atomic E-state index is 13.4. The molecule has 2 N–H and O–H groups in total. The van der Waals surface area contributed by atoms with Crippen LogP contribution in [0.4, 0.5) is 10.1 Å². The number of hydrogen-bond donors (Lipinski definition) is 1. The van der Waals surface area contributed by atoms with E-state index in [0.717, 1.165) is 31.7 Å². The van der Waals surface area contributed by atoms with Gasteiger partial charge >= 0.3 is 5.69 Å². The highest BCUT2D eigenvalue weighted by molar-refractivity contribution is 5.49. The van der Waals surface area contributed by atoms with Crippen LogP contribution in [0.15, 0.2) is 12.1 Å². The molecule has 0 heterocycles. The molecule has 6 heteroatoms. The van der Waals surface area contributed by atoms with Gasteiger partial charge in [0.2, 0.25) is 0 Å². The second-order valence-corrected chi connectivity index (χ2v) is 5.18. The molecular formula is C13H17FN2O3. The van der Waals surface area contributed by atoms with Gasteiger partial charge in [-0.2, -0.15) is 0 Å². The van der Waals surface area contributed by atoms with Crippen molar-refractivity contribution in [1.29, 1.82) is 0 Å². The van der Waals surface area contributed by atoms with Crippen molar-refractivity contribution in [3.8, 4) is 5.75 Å². The standard InChI is InChI=1S/C13H17FN2O3/c1-9-6-12(11(16(17)18)7-10(9)14)19-8-13(15)4-2-3-5-13/h6-7H,2-5,8,15H2,1H3. The molecule has 1 aromatic carbocycles. The third-order valence-corrected chi connectivity index (χ3v) is 3.55. The quantitative estimate of drug-likeness (QED) is 0.672. The molecule has 0 spiro atoms. The zero-order chi connectivity index (χ0) is 14.0. The molecule has 0 amide bonds. The fourth-order valence-electron chi connectivity index (χ4n) is 2.35. The first kappa shape index (κ1) is 13.7. The minimum Gasteiger partial charge on any atom is -0.485 e. The van der Waals surface area contributed by atoms with Crippen LogP contribution in [-0.4, -0.2) is 17.1 Å². The fraction of sp³-hybridized carbons (Fsp3) is 0.538. The van der Waals surface area contributed by atoms with Crippen molar-refractivity contribution in [3.05, 3.63) is 33.6 Å². The van der Waals surface area contributed by atoms with E-state index in [-0.39, 0.29) is 18.0 Å². The SMILES string of the molecule is Cc1cc(OCC2(N)CCCC2)c([N+](=O)[O-])cc1F. The zero-order valence-electron chi connectivity index (χ0n) is 10.8. The number of hydrogen-bond acceptors (Lipinski definition) is 4. The molecule has 0 saturated heterocycles. The van der Waals surface area contributed by atoms with Crippen molar-refractivity contribution in [2.75, 3.05) is 6.61 Å². The molecule has 1 saturated carbocycles. The monoisotopic (exact) mass is 268 g/mol. The van der Waals surface area contributed by atoms with Gasteiger partial charge in [-0.25, -0.2) is 4.39 Å². The number of nitro benzene ring substituents is 1. The molecule has 0 unspecified atom stereocenters. The molecule has 0 radical (unpaired) electrons. The van der Waals surface area contributed by atoms with Crippen LogP contribution in [0, 0.1) is 22.9 Å². The smallest absolute Gasteiger partial charge is 0.313 e. The molecular weight excluding hydrogens is 251 g/mol. The Bertz CT molecular complexity index is 499. The van der Waals surface area contributed by atoms with Crippen LogP contribution >= 0.6 is 0 Å². The number of rotatable bonds is 4. The van der Waals surface area contributed by atoms with Crippen molar-refractivity contribution >= 4 is 5.69 Å². The van der Waals surface area contributed by atoms with Crippen LogP contribution in [0.3, 0.4) is 0 Å². The first-order valence-corrected chi connectivity index (χ1v) is 6.27. The van der Waals surface area contributed by atoms with Gasteiger partial charge in [-0.05, 0) is 31.4 Å². The van der Waals surface area contributed by atoms with Gasteiger partial charge in [0.05, 0.1) is 16.5 Å². The van der Waals surface area contributed by atoms with Crippen molar-refractivity contribution in [3.63, 3.8) is 0 Å². The molecule has 1 fully saturated rings. The molecule has 5 nitrogen and oxygen atoms in total. The Kier molecular flexibility index (Phi) is 3.71. The van der Waals surface area contributed by atoms with Crippen molar-refractivity contribution in [2.24, 2.45) is 5.73 Å². The molecule has 0 atom stereocenters. The third-order valence-electron chi connectivity index (χ3n) is 3.55. The van der Waals surface area contributed by atoms with Gasteiger partial charge in [0.1, 0.15) is 12.4 Å². The summed E-state index contributed by atoms with van der Waals surface area (Å²) in [6.45, 7) is 1.76. The number of halogens is 1. The van der Waals surface area contributed by atoms with Gasteiger partial charge in [-0.15, -0.1) is 0 Å². The molecule has 0 aromatic heterocycles. The van der Waals surface area contributed by atoms with Crippen molar-refractivity contribution < 1.29 is 14.1 Å². The van der Waals surface area contributed by atoms with Gasteiger partial charge in [0.25, 0.3) is 0 Å². The van der Waals surface area contributed by atoms with E-state index < -0.39 is 16.3 Å². The van der Waals surface area contributed by atoms with Crippen LogP contribution in [0.5, 0.6) is 5.75 Å². The minimum absolute atomic E-state index is 0.0839. The van der Waals surface area contributed by atoms with Crippen LogP contribution in [0.25, 0.3) is 0 Å². The second kappa shape index (κ2) is 5.13. The van der Waals surface area contributed by atoms with E-state index >= 15 is 0 Å². The molecule has 1 aliphatic rings. The largest absolute Gasteiger partial charge is 0.485 e. The molecule has 1 aliphatic carbocycles. The summed E-state index contributed by atoms with van der Waals surface area (Å²) in [5, 5.41) is 10.9. The van der Waals surface area contributed by atoms with Gasteiger partial charge in [-0.1, -0.05) is 12.8 Å². The lowest BCUT2D eigenvalue weighted by molar-refractivity contribution is -0.386. The van der Waals surface area contributed by atoms with E-state index in [0.29, 0.717) is 5.56 Å². The maximum Gasteiger partial charge on any atom is 0.313 e. The van der Waals surface area contributed by atoms with Gasteiger partial charge < -0.3 is 10.5 Å². The van der Waals surface area contributed by atoms with Crippen molar-refractivity contribution in [2.45, 2.75) is 38.1 Å². The highest BCUT2D eigenvalue weighted by Crippen LogP contribution is 2.32. The molecule has 2 rings (SSSR count). The average molecular weight is 268 g/mol. The molecule has 0 bridgehead atoms. The first-order chi connectivity index (χ1) is 8.91. The number of nitro groups is 1. The van der Waals surface area contributed by atoms with Crippen LogP contribution < -0.4 is 10.5 Å². The maximum absolute atomic E-state index is 13.4. The van der Waals surface area contributed by atoms with E-state index in [4.69, 9.17) is 10.5 Å². The summed E-state index contributed by atoms with van der Waals surface area (Å²) in [4.78, 5) is 10.2. The Hall–Kier alpha value is -1.69. The Labute approximate surface area is 110 Å².